The van der Waals surface area contributed by atoms with E-state index in [-0.39, 0.29) is 6.67 Å². The molecule has 0 fully saturated rings. The van der Waals surface area contributed by atoms with Crippen LogP contribution in [0.4, 0.5) is 4.39 Å². The average Bonchev–Trinajstić information content (AvgIpc) is 1.81. The van der Waals surface area contributed by atoms with Gasteiger partial charge in [0.1, 0.15) is 0 Å². The van der Waals surface area contributed by atoms with E-state index in [0.717, 1.165) is 0 Å². The number of allylic oxidation sites excluding steroid dienone is 1. The minimum atomic E-state index is -0.322. The second kappa shape index (κ2) is 6.47. The number of ether oxygens (including phenoxy) is 1. The van der Waals surface area contributed by atoms with Crippen molar-refractivity contribution in [1.82, 2.24) is 0 Å². The molecule has 8 heavy (non-hydrogen) atoms. The van der Waals surface area contributed by atoms with E-state index < -0.39 is 0 Å². The Bertz CT molecular complexity index is 53.5. The summed E-state index contributed by atoms with van der Waals surface area (Å²) in [5.74, 6) is 0. The summed E-state index contributed by atoms with van der Waals surface area (Å²) in [6, 6.07) is 0. The molecule has 0 bridgehead atoms. The Labute approximate surface area is 49.2 Å². The van der Waals surface area contributed by atoms with Crippen molar-refractivity contribution in [2.75, 3.05) is 13.3 Å². The van der Waals surface area contributed by atoms with Gasteiger partial charge < -0.3 is 4.74 Å². The monoisotopic (exact) mass is 117 g/mol. The van der Waals surface area contributed by atoms with E-state index in [2.05, 4.69) is 11.7 Å². The smallest absolute Gasteiger partial charge is 0.0930 e. The van der Waals surface area contributed by atoms with Crippen LogP contribution in [0.25, 0.3) is 0 Å². The van der Waals surface area contributed by atoms with Crippen LogP contribution in [0.5, 0.6) is 0 Å². The van der Waals surface area contributed by atoms with Crippen LogP contribution in [0.3, 0.4) is 0 Å². The maximum absolute atomic E-state index is 11.3. The summed E-state index contributed by atoms with van der Waals surface area (Å²) in [5, 5.41) is 0. The zero-order valence-corrected chi connectivity index (χ0v) is 4.77. The Hall–Kier alpha value is -0.530. The fourth-order valence-electron chi connectivity index (χ4n) is 0.267. The Morgan fingerprint density at radius 1 is 1.62 bits per heavy atom. The van der Waals surface area contributed by atoms with Crippen LogP contribution in [0.1, 0.15) is 6.42 Å². The fourth-order valence-corrected chi connectivity index (χ4v) is 0.267. The van der Waals surface area contributed by atoms with Gasteiger partial charge in [-0.1, -0.05) is 0 Å². The Morgan fingerprint density at radius 2 is 2.38 bits per heavy atom. The third-order valence-corrected chi connectivity index (χ3v) is 0.586. The molecule has 0 rings (SSSR count). The summed E-state index contributed by atoms with van der Waals surface area (Å²) in [5.41, 5.74) is 0. The van der Waals surface area contributed by atoms with Crippen molar-refractivity contribution in [1.29, 1.82) is 0 Å². The summed E-state index contributed by atoms with van der Waals surface area (Å²) in [6.07, 6.45) is 3.53. The van der Waals surface area contributed by atoms with Crippen molar-refractivity contribution in [3.8, 4) is 0 Å². The fraction of sp³-hybridized carbons (Fsp3) is 0.500. The number of hydrogen-bond donors (Lipinski definition) is 0. The van der Waals surface area contributed by atoms with Crippen LogP contribution >= 0.6 is 0 Å². The largest absolute Gasteiger partial charge is 0.502 e. The van der Waals surface area contributed by atoms with Gasteiger partial charge in [0, 0.05) is 0 Å². The molecule has 0 aromatic heterocycles. The predicted octanol–water partition coefficient (Wildman–Crippen LogP) is 1.71. The van der Waals surface area contributed by atoms with Crippen molar-refractivity contribution in [2.24, 2.45) is 0 Å². The summed E-state index contributed by atoms with van der Waals surface area (Å²) < 4.78 is 16.0. The molecular formula is C6H10FO. The molecule has 0 amide bonds. The summed E-state index contributed by atoms with van der Waals surface area (Å²) in [7, 11) is 0. The minimum Gasteiger partial charge on any atom is -0.502 e. The highest BCUT2D eigenvalue weighted by molar-refractivity contribution is 4.72. The summed E-state index contributed by atoms with van der Waals surface area (Å²) in [6.45, 7) is 3.50. The Kier molecular flexibility index (Phi) is 6.04. The number of rotatable bonds is 4. The molecular weight excluding hydrogens is 107 g/mol. The lowest BCUT2D eigenvalue weighted by atomic mass is 10.5. The lowest BCUT2D eigenvalue weighted by molar-refractivity contribution is 0.286. The molecule has 0 aliphatic rings. The first kappa shape index (κ1) is 7.47. The third-order valence-electron chi connectivity index (χ3n) is 0.586. The molecule has 2 heteroatoms. The predicted molar refractivity (Wildman–Crippen MR) is 31.0 cm³/mol. The van der Waals surface area contributed by atoms with Crippen molar-refractivity contribution in [3.63, 3.8) is 0 Å². The molecule has 0 saturated carbocycles. The van der Waals surface area contributed by atoms with Crippen LogP contribution < -0.4 is 0 Å². The molecule has 0 aliphatic carbocycles. The van der Waals surface area contributed by atoms with Crippen molar-refractivity contribution >= 4 is 0 Å². The first-order valence-corrected chi connectivity index (χ1v) is 2.53. The Balaban J connectivity index is 2.83. The van der Waals surface area contributed by atoms with Crippen molar-refractivity contribution < 1.29 is 9.13 Å². The second-order valence-corrected chi connectivity index (χ2v) is 1.22. The van der Waals surface area contributed by atoms with Gasteiger partial charge in [-0.15, -0.1) is 0 Å². The SMILES string of the molecule is [CH2]COC=CCCF. The van der Waals surface area contributed by atoms with E-state index in [0.29, 0.717) is 13.0 Å². The van der Waals surface area contributed by atoms with Gasteiger partial charge >= 0.3 is 0 Å². The normalized spacial score (nSPS) is 10.2. The average molecular weight is 117 g/mol. The Morgan fingerprint density at radius 3 is 2.88 bits per heavy atom. The maximum atomic E-state index is 11.3. The van der Waals surface area contributed by atoms with Gasteiger partial charge in [0.2, 0.25) is 0 Å². The van der Waals surface area contributed by atoms with E-state index in [1.54, 1.807) is 6.08 Å². The molecule has 0 aromatic rings. The number of halogens is 1. The zero-order chi connectivity index (χ0) is 6.24. The zero-order valence-electron chi connectivity index (χ0n) is 4.77. The standard InChI is InChI=1S/C6H10FO/c1-2-8-6-4-3-5-7/h4,6H,1-3,5H2. The van der Waals surface area contributed by atoms with Crippen LogP contribution in [-0.4, -0.2) is 13.3 Å². The number of alkyl halides is 1. The second-order valence-electron chi connectivity index (χ2n) is 1.22. The molecule has 0 heterocycles. The lowest BCUT2D eigenvalue weighted by Crippen LogP contribution is -1.77. The molecule has 0 aliphatic heterocycles. The van der Waals surface area contributed by atoms with Gasteiger partial charge in [0.25, 0.3) is 0 Å². The van der Waals surface area contributed by atoms with E-state index in [4.69, 9.17) is 0 Å². The van der Waals surface area contributed by atoms with Crippen LogP contribution in [0, 0.1) is 6.92 Å². The van der Waals surface area contributed by atoms with Crippen molar-refractivity contribution in [2.45, 2.75) is 6.42 Å². The van der Waals surface area contributed by atoms with E-state index >= 15 is 0 Å². The molecule has 1 nitrogen and oxygen atoms in total. The van der Waals surface area contributed by atoms with Crippen LogP contribution in [0.2, 0.25) is 0 Å². The van der Waals surface area contributed by atoms with E-state index in [1.165, 1.54) is 6.26 Å². The van der Waals surface area contributed by atoms with Gasteiger partial charge in [-0.05, 0) is 19.4 Å². The molecule has 47 valence electrons. The third kappa shape index (κ3) is 5.47. The molecule has 0 atom stereocenters. The highest BCUT2D eigenvalue weighted by Crippen LogP contribution is 1.83. The van der Waals surface area contributed by atoms with Gasteiger partial charge in [0.05, 0.1) is 19.5 Å². The highest BCUT2D eigenvalue weighted by Gasteiger charge is 1.73. The van der Waals surface area contributed by atoms with E-state index in [9.17, 15) is 4.39 Å². The molecule has 0 unspecified atom stereocenters. The molecule has 1 radical (unpaired) electrons. The van der Waals surface area contributed by atoms with Gasteiger partial charge in [-0.25, -0.2) is 0 Å². The maximum Gasteiger partial charge on any atom is 0.0930 e. The first-order chi connectivity index (χ1) is 3.91. The molecule has 0 N–H and O–H groups in total. The topological polar surface area (TPSA) is 9.23 Å². The van der Waals surface area contributed by atoms with Crippen LogP contribution in [0.15, 0.2) is 12.3 Å². The molecule has 0 spiro atoms. The first-order valence-electron chi connectivity index (χ1n) is 2.53. The molecule has 0 aromatic carbocycles. The van der Waals surface area contributed by atoms with Gasteiger partial charge in [0.15, 0.2) is 0 Å². The van der Waals surface area contributed by atoms with E-state index in [1.807, 2.05) is 0 Å². The van der Waals surface area contributed by atoms with Crippen molar-refractivity contribution in [3.05, 3.63) is 19.3 Å². The lowest BCUT2D eigenvalue weighted by Gasteiger charge is -1.89. The quantitative estimate of drug-likeness (QED) is 0.509. The minimum absolute atomic E-state index is 0.322. The summed E-state index contributed by atoms with van der Waals surface area (Å²) in [4.78, 5) is 0. The van der Waals surface area contributed by atoms with Gasteiger partial charge in [-0.2, -0.15) is 0 Å². The van der Waals surface area contributed by atoms with Crippen LogP contribution in [-0.2, 0) is 4.74 Å². The van der Waals surface area contributed by atoms with Gasteiger partial charge in [-0.3, -0.25) is 4.39 Å². The highest BCUT2D eigenvalue weighted by atomic mass is 19.1. The summed E-state index contributed by atoms with van der Waals surface area (Å²) >= 11 is 0. The molecule has 0 saturated heterocycles. The number of hydrogen-bond acceptors (Lipinski definition) is 1.